The van der Waals surface area contributed by atoms with Crippen molar-refractivity contribution in [3.8, 4) is 0 Å². The lowest BCUT2D eigenvalue weighted by atomic mass is 9.93. The fourth-order valence-corrected chi connectivity index (χ4v) is 1.90. The Bertz CT molecular complexity index is 149. The smallest absolute Gasteiger partial charge is 0.0388 e. The number of aliphatic imine (C=N–C) groups is 1. The van der Waals surface area contributed by atoms with E-state index in [1.54, 1.807) is 0 Å². The molecule has 1 aliphatic heterocycles. The summed E-state index contributed by atoms with van der Waals surface area (Å²) in [4.78, 5) is 4.57. The maximum Gasteiger partial charge on any atom is 0.0388 e. The molecular formula is C11H21N. The second-order valence-corrected chi connectivity index (χ2v) is 3.86. The van der Waals surface area contributed by atoms with Crippen LogP contribution in [0.2, 0.25) is 0 Å². The summed E-state index contributed by atoms with van der Waals surface area (Å²) in [6.45, 7) is 5.56. The van der Waals surface area contributed by atoms with E-state index in [-0.39, 0.29) is 0 Å². The second-order valence-electron chi connectivity index (χ2n) is 3.86. The normalized spacial score (nSPS) is 24.8. The van der Waals surface area contributed by atoms with Crippen LogP contribution in [0, 0.1) is 5.92 Å². The predicted molar refractivity (Wildman–Crippen MR) is 54.8 cm³/mol. The first-order chi connectivity index (χ1) is 5.84. The van der Waals surface area contributed by atoms with Gasteiger partial charge in [-0.1, -0.05) is 26.2 Å². The SMILES string of the molecule is CCCCC1CCCCN=C1C. The van der Waals surface area contributed by atoms with Crippen LogP contribution >= 0.6 is 0 Å². The molecule has 1 atom stereocenters. The molecule has 1 heteroatoms. The molecule has 1 aliphatic rings. The molecule has 1 unspecified atom stereocenters. The highest BCUT2D eigenvalue weighted by molar-refractivity contribution is 5.84. The van der Waals surface area contributed by atoms with Gasteiger partial charge in [-0.2, -0.15) is 0 Å². The maximum atomic E-state index is 4.57. The van der Waals surface area contributed by atoms with Crippen LogP contribution in [0.25, 0.3) is 0 Å². The van der Waals surface area contributed by atoms with Crippen LogP contribution < -0.4 is 0 Å². The molecule has 1 rings (SSSR count). The van der Waals surface area contributed by atoms with Crippen LogP contribution in [0.4, 0.5) is 0 Å². The number of unbranched alkanes of at least 4 members (excludes halogenated alkanes) is 1. The molecular weight excluding hydrogens is 146 g/mol. The van der Waals surface area contributed by atoms with Gasteiger partial charge in [-0.25, -0.2) is 0 Å². The summed E-state index contributed by atoms with van der Waals surface area (Å²) in [5.41, 5.74) is 1.42. The summed E-state index contributed by atoms with van der Waals surface area (Å²) >= 11 is 0. The van der Waals surface area contributed by atoms with Gasteiger partial charge in [0.2, 0.25) is 0 Å². The summed E-state index contributed by atoms with van der Waals surface area (Å²) in [7, 11) is 0. The van der Waals surface area contributed by atoms with Crippen LogP contribution in [-0.4, -0.2) is 12.3 Å². The lowest BCUT2D eigenvalue weighted by Crippen LogP contribution is -2.09. The van der Waals surface area contributed by atoms with Crippen LogP contribution in [0.1, 0.15) is 52.4 Å². The molecule has 0 aromatic heterocycles. The molecule has 0 fully saturated rings. The Labute approximate surface area is 76.3 Å². The van der Waals surface area contributed by atoms with Crippen molar-refractivity contribution in [3.05, 3.63) is 0 Å². The Balaban J connectivity index is 2.37. The summed E-state index contributed by atoms with van der Waals surface area (Å²) < 4.78 is 0. The molecule has 0 N–H and O–H groups in total. The Kier molecular flexibility index (Phi) is 4.34. The average Bonchev–Trinajstić information content (AvgIpc) is 2.27. The molecule has 0 aliphatic carbocycles. The van der Waals surface area contributed by atoms with E-state index in [9.17, 15) is 0 Å². The Morgan fingerprint density at radius 2 is 2.25 bits per heavy atom. The van der Waals surface area contributed by atoms with Crippen molar-refractivity contribution in [2.45, 2.75) is 52.4 Å². The van der Waals surface area contributed by atoms with Crippen molar-refractivity contribution in [3.63, 3.8) is 0 Å². The Hall–Kier alpha value is -0.330. The molecule has 0 aromatic carbocycles. The molecule has 0 bridgehead atoms. The van der Waals surface area contributed by atoms with E-state index in [0.29, 0.717) is 0 Å². The van der Waals surface area contributed by atoms with Crippen molar-refractivity contribution >= 4 is 5.71 Å². The molecule has 12 heavy (non-hydrogen) atoms. The topological polar surface area (TPSA) is 12.4 Å². The standard InChI is InChI=1S/C11H21N/c1-3-4-7-11-8-5-6-9-12-10(11)2/h11H,3-9H2,1-2H3. The maximum absolute atomic E-state index is 4.57. The van der Waals surface area contributed by atoms with E-state index in [2.05, 4.69) is 18.8 Å². The zero-order chi connectivity index (χ0) is 8.81. The van der Waals surface area contributed by atoms with Gasteiger partial charge < -0.3 is 0 Å². The summed E-state index contributed by atoms with van der Waals surface area (Å²) in [5.74, 6) is 0.812. The largest absolute Gasteiger partial charge is 0.294 e. The quantitative estimate of drug-likeness (QED) is 0.610. The fourth-order valence-electron chi connectivity index (χ4n) is 1.90. The lowest BCUT2D eigenvalue weighted by Gasteiger charge is -2.13. The van der Waals surface area contributed by atoms with Gasteiger partial charge in [-0.3, -0.25) is 4.99 Å². The Morgan fingerprint density at radius 3 is 3.00 bits per heavy atom. The van der Waals surface area contributed by atoms with Crippen molar-refractivity contribution in [2.75, 3.05) is 6.54 Å². The number of hydrogen-bond acceptors (Lipinski definition) is 1. The highest BCUT2D eigenvalue weighted by Gasteiger charge is 2.13. The van der Waals surface area contributed by atoms with Gasteiger partial charge >= 0.3 is 0 Å². The van der Waals surface area contributed by atoms with Crippen LogP contribution in [0.15, 0.2) is 4.99 Å². The molecule has 0 amide bonds. The van der Waals surface area contributed by atoms with E-state index < -0.39 is 0 Å². The van der Waals surface area contributed by atoms with Gasteiger partial charge in [0, 0.05) is 12.3 Å². The molecule has 0 spiro atoms. The molecule has 0 aromatic rings. The third-order valence-corrected chi connectivity index (χ3v) is 2.82. The van der Waals surface area contributed by atoms with Crippen molar-refractivity contribution < 1.29 is 0 Å². The number of hydrogen-bond donors (Lipinski definition) is 0. The van der Waals surface area contributed by atoms with E-state index >= 15 is 0 Å². The van der Waals surface area contributed by atoms with Gasteiger partial charge in [-0.15, -0.1) is 0 Å². The summed E-state index contributed by atoms with van der Waals surface area (Å²) in [6.07, 6.45) is 8.14. The zero-order valence-corrected chi connectivity index (χ0v) is 8.47. The molecule has 1 heterocycles. The van der Waals surface area contributed by atoms with E-state index in [4.69, 9.17) is 0 Å². The minimum atomic E-state index is 0.812. The minimum absolute atomic E-state index is 0.812. The minimum Gasteiger partial charge on any atom is -0.294 e. The molecule has 1 nitrogen and oxygen atoms in total. The van der Waals surface area contributed by atoms with Gasteiger partial charge in [0.1, 0.15) is 0 Å². The molecule has 0 radical (unpaired) electrons. The first-order valence-electron chi connectivity index (χ1n) is 5.35. The molecule has 70 valence electrons. The van der Waals surface area contributed by atoms with Crippen molar-refractivity contribution in [1.82, 2.24) is 0 Å². The second kappa shape index (κ2) is 5.34. The van der Waals surface area contributed by atoms with Gasteiger partial charge in [0.25, 0.3) is 0 Å². The van der Waals surface area contributed by atoms with Gasteiger partial charge in [0.05, 0.1) is 0 Å². The predicted octanol–water partition coefficient (Wildman–Crippen LogP) is 3.44. The average molecular weight is 167 g/mol. The van der Waals surface area contributed by atoms with Crippen LogP contribution in [-0.2, 0) is 0 Å². The van der Waals surface area contributed by atoms with Crippen LogP contribution in [0.3, 0.4) is 0 Å². The van der Waals surface area contributed by atoms with E-state index in [1.165, 1.54) is 44.2 Å². The van der Waals surface area contributed by atoms with E-state index in [0.717, 1.165) is 12.5 Å². The third-order valence-electron chi connectivity index (χ3n) is 2.82. The lowest BCUT2D eigenvalue weighted by molar-refractivity contribution is 0.529. The summed E-state index contributed by atoms with van der Waals surface area (Å²) in [6, 6.07) is 0. The van der Waals surface area contributed by atoms with Gasteiger partial charge in [-0.05, 0) is 32.1 Å². The fraction of sp³-hybridized carbons (Fsp3) is 0.909. The first-order valence-corrected chi connectivity index (χ1v) is 5.35. The Morgan fingerprint density at radius 1 is 1.42 bits per heavy atom. The molecule has 0 saturated heterocycles. The highest BCUT2D eigenvalue weighted by atomic mass is 14.7. The van der Waals surface area contributed by atoms with E-state index in [1.807, 2.05) is 0 Å². The highest BCUT2D eigenvalue weighted by Crippen LogP contribution is 2.20. The van der Waals surface area contributed by atoms with Crippen molar-refractivity contribution in [2.24, 2.45) is 10.9 Å². The summed E-state index contributed by atoms with van der Waals surface area (Å²) in [5, 5.41) is 0. The first kappa shape index (κ1) is 9.76. The van der Waals surface area contributed by atoms with Crippen LogP contribution in [0.5, 0.6) is 0 Å². The third kappa shape index (κ3) is 2.96. The van der Waals surface area contributed by atoms with Gasteiger partial charge in [0.15, 0.2) is 0 Å². The number of rotatable bonds is 3. The monoisotopic (exact) mass is 167 g/mol. The zero-order valence-electron chi connectivity index (χ0n) is 8.47. The number of nitrogens with zero attached hydrogens (tertiary/aromatic N) is 1. The van der Waals surface area contributed by atoms with Crippen molar-refractivity contribution in [1.29, 1.82) is 0 Å². The molecule has 0 saturated carbocycles.